The largest absolute Gasteiger partial charge is 0.462 e. The summed E-state index contributed by atoms with van der Waals surface area (Å²) in [5.74, 6) is -0.594. The fourth-order valence-corrected chi connectivity index (χ4v) is 4.15. The zero-order chi connectivity index (χ0) is 18.8. The molecular formula is C21H22N2O4. The third-order valence-electron chi connectivity index (χ3n) is 5.33. The maximum absolute atomic E-state index is 13.0. The summed E-state index contributed by atoms with van der Waals surface area (Å²) < 4.78 is 11.0. The van der Waals surface area contributed by atoms with E-state index in [0.29, 0.717) is 17.9 Å². The lowest BCUT2D eigenvalue weighted by Gasteiger charge is -2.27. The molecule has 2 bridgehead atoms. The summed E-state index contributed by atoms with van der Waals surface area (Å²) in [6.45, 7) is 2.10. The predicted octanol–water partition coefficient (Wildman–Crippen LogP) is 3.16. The van der Waals surface area contributed by atoms with Crippen LogP contribution in [0.4, 0.5) is 5.69 Å². The SMILES string of the molecule is CCOC(=O)c1ccc(NC(=O)[C@H]2[C@H](c3ccncc3)[C@@H]3CC[C@H]2O3)cc1. The summed E-state index contributed by atoms with van der Waals surface area (Å²) in [4.78, 5) is 28.8. The summed E-state index contributed by atoms with van der Waals surface area (Å²) in [5, 5.41) is 2.98. The van der Waals surface area contributed by atoms with Crippen LogP contribution < -0.4 is 5.32 Å². The normalized spacial score (nSPS) is 26.0. The van der Waals surface area contributed by atoms with Gasteiger partial charge in [-0.2, -0.15) is 0 Å². The van der Waals surface area contributed by atoms with Gasteiger partial charge in [0.2, 0.25) is 5.91 Å². The number of hydrogen-bond acceptors (Lipinski definition) is 5. The molecule has 6 heteroatoms. The molecule has 0 unspecified atom stereocenters. The van der Waals surface area contributed by atoms with Gasteiger partial charge in [-0.1, -0.05) is 0 Å². The number of carbonyl (C=O) groups excluding carboxylic acids is 2. The first-order valence-electron chi connectivity index (χ1n) is 9.31. The Bertz CT molecular complexity index is 822. The van der Waals surface area contributed by atoms with Gasteiger partial charge in [0.05, 0.1) is 30.3 Å². The van der Waals surface area contributed by atoms with Gasteiger partial charge in [-0.25, -0.2) is 4.79 Å². The van der Waals surface area contributed by atoms with Crippen LogP contribution in [-0.2, 0) is 14.3 Å². The molecule has 0 radical (unpaired) electrons. The van der Waals surface area contributed by atoms with E-state index in [2.05, 4.69) is 10.3 Å². The number of hydrogen-bond donors (Lipinski definition) is 1. The minimum Gasteiger partial charge on any atom is -0.462 e. The molecule has 0 aliphatic carbocycles. The topological polar surface area (TPSA) is 77.5 Å². The summed E-state index contributed by atoms with van der Waals surface area (Å²) in [5.41, 5.74) is 2.21. The number of benzene rings is 1. The first-order valence-corrected chi connectivity index (χ1v) is 9.31. The van der Waals surface area contributed by atoms with E-state index in [1.165, 1.54) is 0 Å². The first kappa shape index (κ1) is 17.7. The summed E-state index contributed by atoms with van der Waals surface area (Å²) in [6, 6.07) is 10.7. The van der Waals surface area contributed by atoms with Crippen molar-refractivity contribution in [3.05, 3.63) is 59.9 Å². The molecule has 2 aliphatic heterocycles. The summed E-state index contributed by atoms with van der Waals surface area (Å²) in [6.07, 6.45) is 5.43. The molecule has 1 aromatic heterocycles. The Morgan fingerprint density at radius 3 is 2.52 bits per heavy atom. The molecule has 2 saturated heterocycles. The van der Waals surface area contributed by atoms with E-state index in [-0.39, 0.29) is 35.9 Å². The summed E-state index contributed by atoms with van der Waals surface area (Å²) >= 11 is 0. The molecule has 2 aliphatic rings. The number of amides is 1. The van der Waals surface area contributed by atoms with Gasteiger partial charge in [0, 0.05) is 24.0 Å². The Morgan fingerprint density at radius 1 is 1.11 bits per heavy atom. The number of anilines is 1. The maximum atomic E-state index is 13.0. The third-order valence-corrected chi connectivity index (χ3v) is 5.33. The molecule has 1 aromatic carbocycles. The highest BCUT2D eigenvalue weighted by Crippen LogP contribution is 2.49. The van der Waals surface area contributed by atoms with E-state index in [1.807, 2.05) is 12.1 Å². The molecule has 1 amide bonds. The molecule has 6 nitrogen and oxygen atoms in total. The van der Waals surface area contributed by atoms with Crippen molar-refractivity contribution in [1.82, 2.24) is 4.98 Å². The van der Waals surface area contributed by atoms with Crippen molar-refractivity contribution in [3.63, 3.8) is 0 Å². The smallest absolute Gasteiger partial charge is 0.338 e. The van der Waals surface area contributed by atoms with E-state index >= 15 is 0 Å². The number of nitrogens with one attached hydrogen (secondary N) is 1. The monoisotopic (exact) mass is 366 g/mol. The quantitative estimate of drug-likeness (QED) is 0.823. The lowest BCUT2D eigenvalue weighted by Crippen LogP contribution is -2.36. The number of nitrogens with zero attached hydrogens (tertiary/aromatic N) is 1. The van der Waals surface area contributed by atoms with Crippen molar-refractivity contribution in [2.24, 2.45) is 5.92 Å². The number of esters is 1. The zero-order valence-corrected chi connectivity index (χ0v) is 15.1. The van der Waals surface area contributed by atoms with E-state index in [9.17, 15) is 9.59 Å². The minimum atomic E-state index is -0.366. The van der Waals surface area contributed by atoms with Crippen molar-refractivity contribution in [3.8, 4) is 0 Å². The Morgan fingerprint density at radius 2 is 1.81 bits per heavy atom. The van der Waals surface area contributed by atoms with Crippen LogP contribution in [0.1, 0.15) is 41.6 Å². The van der Waals surface area contributed by atoms with Crippen LogP contribution in [0.2, 0.25) is 0 Å². The molecule has 1 N–H and O–H groups in total. The number of aromatic nitrogens is 1. The summed E-state index contributed by atoms with van der Waals surface area (Å²) in [7, 11) is 0. The van der Waals surface area contributed by atoms with Crippen molar-refractivity contribution in [2.45, 2.75) is 37.9 Å². The minimum absolute atomic E-state index is 0.0468. The fraction of sp³-hybridized carbons (Fsp3) is 0.381. The van der Waals surface area contributed by atoms with E-state index in [4.69, 9.17) is 9.47 Å². The molecule has 2 fully saturated rings. The standard InChI is InChI=1S/C21H22N2O4/c1-2-26-21(25)14-3-5-15(6-4-14)23-20(24)19-17-8-7-16(27-17)18(19)13-9-11-22-12-10-13/h3-6,9-12,16-19H,2,7-8H2,1H3,(H,23,24)/t16-,17+,18+,19+/m0/s1. The van der Waals surface area contributed by atoms with Crippen LogP contribution in [0.25, 0.3) is 0 Å². The van der Waals surface area contributed by atoms with Gasteiger partial charge in [-0.05, 0) is 61.7 Å². The number of ether oxygens (including phenoxy) is 2. The van der Waals surface area contributed by atoms with Gasteiger partial charge in [-0.3, -0.25) is 9.78 Å². The number of rotatable bonds is 5. The zero-order valence-electron chi connectivity index (χ0n) is 15.1. The van der Waals surface area contributed by atoms with Crippen molar-refractivity contribution in [1.29, 1.82) is 0 Å². The van der Waals surface area contributed by atoms with Gasteiger partial charge in [0.25, 0.3) is 0 Å². The van der Waals surface area contributed by atoms with Crippen molar-refractivity contribution >= 4 is 17.6 Å². The number of pyridine rings is 1. The Labute approximate surface area is 157 Å². The second-order valence-electron chi connectivity index (χ2n) is 6.91. The van der Waals surface area contributed by atoms with E-state index in [0.717, 1.165) is 18.4 Å². The predicted molar refractivity (Wildman–Crippen MR) is 99.4 cm³/mol. The van der Waals surface area contributed by atoms with Crippen molar-refractivity contribution in [2.75, 3.05) is 11.9 Å². The van der Waals surface area contributed by atoms with E-state index in [1.54, 1.807) is 43.6 Å². The van der Waals surface area contributed by atoms with Gasteiger partial charge >= 0.3 is 5.97 Å². The average Bonchev–Trinajstić information content (AvgIpc) is 3.31. The van der Waals surface area contributed by atoms with Gasteiger partial charge in [0.1, 0.15) is 0 Å². The van der Waals surface area contributed by atoms with Crippen LogP contribution in [0.15, 0.2) is 48.8 Å². The van der Waals surface area contributed by atoms with Gasteiger partial charge in [0.15, 0.2) is 0 Å². The highest BCUT2D eigenvalue weighted by Gasteiger charge is 2.52. The lowest BCUT2D eigenvalue weighted by atomic mass is 9.75. The third kappa shape index (κ3) is 3.45. The Hall–Kier alpha value is -2.73. The molecule has 4 rings (SSSR count). The van der Waals surface area contributed by atoms with Gasteiger partial charge in [-0.15, -0.1) is 0 Å². The number of carbonyl (C=O) groups is 2. The molecule has 2 aromatic rings. The molecule has 0 spiro atoms. The number of fused-ring (bicyclic) bond motifs is 2. The highest BCUT2D eigenvalue weighted by molar-refractivity contribution is 5.95. The van der Waals surface area contributed by atoms with Gasteiger partial charge < -0.3 is 14.8 Å². The first-order chi connectivity index (χ1) is 13.2. The van der Waals surface area contributed by atoms with E-state index < -0.39 is 0 Å². The average molecular weight is 366 g/mol. The lowest BCUT2D eigenvalue weighted by molar-refractivity contribution is -0.121. The van der Waals surface area contributed by atoms with Crippen LogP contribution in [0.3, 0.4) is 0 Å². The van der Waals surface area contributed by atoms with Crippen LogP contribution >= 0.6 is 0 Å². The molecule has 4 atom stereocenters. The molecule has 27 heavy (non-hydrogen) atoms. The molecule has 140 valence electrons. The Balaban J connectivity index is 1.49. The van der Waals surface area contributed by atoms with Crippen LogP contribution in [-0.4, -0.2) is 35.7 Å². The Kier molecular flexibility index (Phi) is 4.90. The second-order valence-corrected chi connectivity index (χ2v) is 6.91. The maximum Gasteiger partial charge on any atom is 0.338 e. The second kappa shape index (κ2) is 7.48. The fourth-order valence-electron chi connectivity index (χ4n) is 4.15. The molecule has 3 heterocycles. The molecule has 0 saturated carbocycles. The van der Waals surface area contributed by atoms with Crippen LogP contribution in [0, 0.1) is 5.92 Å². The molecular weight excluding hydrogens is 344 g/mol. The highest BCUT2D eigenvalue weighted by atomic mass is 16.5. The van der Waals surface area contributed by atoms with Crippen molar-refractivity contribution < 1.29 is 19.1 Å². The van der Waals surface area contributed by atoms with Crippen LogP contribution in [0.5, 0.6) is 0 Å².